The fraction of sp³-hybridized carbons (Fsp3) is 0.931. The first-order valence-electron chi connectivity index (χ1n) is 13.5. The van der Waals surface area contributed by atoms with Crippen LogP contribution in [0.1, 0.15) is 106 Å². The molecular formula is C29H48O2. The molecule has 0 radical (unpaired) electrons. The predicted molar refractivity (Wildman–Crippen MR) is 127 cm³/mol. The summed E-state index contributed by atoms with van der Waals surface area (Å²) < 4.78 is 0. The summed E-state index contributed by atoms with van der Waals surface area (Å²) >= 11 is 0. The van der Waals surface area contributed by atoms with Crippen LogP contribution in [0.3, 0.4) is 0 Å². The first kappa shape index (κ1) is 22.5. The summed E-state index contributed by atoms with van der Waals surface area (Å²) in [6.07, 6.45) is 17.5. The maximum atomic E-state index is 10.6. The SMILES string of the molecule is C[C@@H]1[C@@H](O)CC[C@]23CC24CC[C@]2(C)C([C@H](C)CC=CC(C)(C)O)CC[C@@]2(C)[C@@H]4CC[C@@H]13. The Morgan fingerprint density at radius 1 is 0.968 bits per heavy atom. The second-order valence-electron chi connectivity index (χ2n) is 13.9. The highest BCUT2D eigenvalue weighted by molar-refractivity contribution is 5.29. The molecular weight excluding hydrogens is 380 g/mol. The highest BCUT2D eigenvalue weighted by Gasteiger charge is 2.81. The van der Waals surface area contributed by atoms with E-state index in [4.69, 9.17) is 0 Å². The molecule has 0 saturated heterocycles. The second kappa shape index (κ2) is 6.84. The molecule has 2 N–H and O–H groups in total. The molecule has 0 amide bonds. The number of hydrogen-bond acceptors (Lipinski definition) is 2. The monoisotopic (exact) mass is 428 g/mol. The minimum absolute atomic E-state index is 0.0528. The lowest BCUT2D eigenvalue weighted by Gasteiger charge is -2.62. The molecule has 5 aliphatic rings. The third kappa shape index (κ3) is 2.89. The summed E-state index contributed by atoms with van der Waals surface area (Å²) in [5.74, 6) is 3.69. The van der Waals surface area contributed by atoms with Crippen LogP contribution in [0.15, 0.2) is 12.2 Å². The fourth-order valence-electron chi connectivity index (χ4n) is 10.7. The van der Waals surface area contributed by atoms with Gasteiger partial charge in [0.25, 0.3) is 0 Å². The molecule has 31 heavy (non-hydrogen) atoms. The molecule has 5 rings (SSSR count). The van der Waals surface area contributed by atoms with Gasteiger partial charge in [-0.05, 0) is 129 Å². The van der Waals surface area contributed by atoms with Crippen molar-refractivity contribution in [3.8, 4) is 0 Å². The molecule has 5 aliphatic carbocycles. The van der Waals surface area contributed by atoms with Gasteiger partial charge in [-0.15, -0.1) is 0 Å². The summed E-state index contributed by atoms with van der Waals surface area (Å²) in [5, 5.41) is 20.6. The van der Waals surface area contributed by atoms with E-state index in [9.17, 15) is 10.2 Å². The van der Waals surface area contributed by atoms with Crippen molar-refractivity contribution in [1.82, 2.24) is 0 Å². The molecule has 2 heteroatoms. The van der Waals surface area contributed by atoms with Crippen molar-refractivity contribution >= 4 is 0 Å². The molecule has 10 atom stereocenters. The van der Waals surface area contributed by atoms with E-state index in [2.05, 4.69) is 33.8 Å². The zero-order chi connectivity index (χ0) is 22.4. The zero-order valence-corrected chi connectivity index (χ0v) is 21.1. The minimum Gasteiger partial charge on any atom is -0.393 e. The lowest BCUT2D eigenvalue weighted by atomic mass is 9.43. The third-order valence-electron chi connectivity index (χ3n) is 12.4. The number of hydrogen-bond donors (Lipinski definition) is 2. The largest absolute Gasteiger partial charge is 0.393 e. The smallest absolute Gasteiger partial charge is 0.0771 e. The summed E-state index contributed by atoms with van der Waals surface area (Å²) in [6, 6.07) is 0. The van der Waals surface area contributed by atoms with Crippen LogP contribution >= 0.6 is 0 Å². The van der Waals surface area contributed by atoms with E-state index in [0.29, 0.717) is 33.5 Å². The van der Waals surface area contributed by atoms with Crippen LogP contribution in [0, 0.1) is 51.2 Å². The molecule has 0 bridgehead atoms. The van der Waals surface area contributed by atoms with E-state index >= 15 is 0 Å². The maximum absolute atomic E-state index is 10.6. The maximum Gasteiger partial charge on any atom is 0.0771 e. The molecule has 2 nitrogen and oxygen atoms in total. The van der Waals surface area contributed by atoms with Gasteiger partial charge >= 0.3 is 0 Å². The number of fused-ring (bicyclic) bond motifs is 2. The highest BCUT2D eigenvalue weighted by atomic mass is 16.3. The molecule has 2 unspecified atom stereocenters. The van der Waals surface area contributed by atoms with E-state index in [0.717, 1.165) is 30.6 Å². The van der Waals surface area contributed by atoms with Crippen molar-refractivity contribution in [3.63, 3.8) is 0 Å². The fourth-order valence-corrected chi connectivity index (χ4v) is 10.7. The summed E-state index contributed by atoms with van der Waals surface area (Å²) in [6.45, 7) is 13.9. The van der Waals surface area contributed by atoms with Crippen molar-refractivity contribution < 1.29 is 10.2 Å². The van der Waals surface area contributed by atoms with Crippen molar-refractivity contribution in [2.24, 2.45) is 51.2 Å². The molecule has 5 saturated carbocycles. The van der Waals surface area contributed by atoms with Gasteiger partial charge < -0.3 is 10.2 Å². The van der Waals surface area contributed by atoms with E-state index in [1.165, 1.54) is 51.4 Å². The summed E-state index contributed by atoms with van der Waals surface area (Å²) in [7, 11) is 0. The Labute approximate surface area is 191 Å². The predicted octanol–water partition coefficient (Wildman–Crippen LogP) is 6.75. The highest BCUT2D eigenvalue weighted by Crippen LogP contribution is 2.88. The van der Waals surface area contributed by atoms with E-state index in [1.807, 2.05) is 19.9 Å². The Hall–Kier alpha value is -0.340. The Kier molecular flexibility index (Phi) is 4.96. The normalized spacial score (nSPS) is 54.6. The molecule has 0 heterocycles. The summed E-state index contributed by atoms with van der Waals surface area (Å²) in [4.78, 5) is 0. The average Bonchev–Trinajstić information content (AvgIpc) is 3.27. The Bertz CT molecular complexity index is 750. The van der Waals surface area contributed by atoms with E-state index < -0.39 is 5.60 Å². The first-order chi connectivity index (χ1) is 14.4. The van der Waals surface area contributed by atoms with Gasteiger partial charge in [-0.3, -0.25) is 0 Å². The van der Waals surface area contributed by atoms with E-state index in [-0.39, 0.29) is 6.10 Å². The number of aliphatic hydroxyl groups excluding tert-OH is 1. The van der Waals surface area contributed by atoms with Crippen molar-refractivity contribution in [2.75, 3.05) is 0 Å². The Morgan fingerprint density at radius 3 is 2.42 bits per heavy atom. The molecule has 2 spiro atoms. The lowest BCUT2D eigenvalue weighted by molar-refractivity contribution is -0.142. The van der Waals surface area contributed by atoms with Crippen molar-refractivity contribution in [3.05, 3.63) is 12.2 Å². The van der Waals surface area contributed by atoms with Gasteiger partial charge in [0.05, 0.1) is 11.7 Å². The second-order valence-corrected chi connectivity index (χ2v) is 13.9. The van der Waals surface area contributed by atoms with Gasteiger partial charge in [0, 0.05) is 0 Å². The van der Waals surface area contributed by atoms with Gasteiger partial charge in [-0.25, -0.2) is 0 Å². The quantitative estimate of drug-likeness (QED) is 0.486. The summed E-state index contributed by atoms with van der Waals surface area (Å²) in [5.41, 5.74) is 1.43. The molecule has 0 aromatic carbocycles. The van der Waals surface area contributed by atoms with Gasteiger partial charge in [-0.2, -0.15) is 0 Å². The molecule has 0 aromatic heterocycles. The van der Waals surface area contributed by atoms with Crippen molar-refractivity contribution in [1.29, 1.82) is 0 Å². The standard InChI is InChI=1S/C29H48O2/c1-19(8-7-13-25(3,4)31)21-11-14-27(6)24-10-9-22-20(2)23(30)12-15-28(22)18-29(24,28)17-16-26(21,27)5/h7,13,19-24,30-31H,8-12,14-18H2,1-6H3/t19-,20+,21?,22+,23+,24+,26-,27+,28-,29?/m1/s1. The van der Waals surface area contributed by atoms with Crippen LogP contribution in [-0.2, 0) is 0 Å². The molecule has 0 aliphatic heterocycles. The Morgan fingerprint density at radius 2 is 1.71 bits per heavy atom. The molecule has 5 fully saturated rings. The van der Waals surface area contributed by atoms with Gasteiger partial charge in [-0.1, -0.05) is 39.8 Å². The van der Waals surface area contributed by atoms with Crippen LogP contribution in [0.5, 0.6) is 0 Å². The van der Waals surface area contributed by atoms with Gasteiger partial charge in [0.1, 0.15) is 0 Å². The molecule has 176 valence electrons. The molecule has 0 aromatic rings. The van der Waals surface area contributed by atoms with Gasteiger partial charge in [0.15, 0.2) is 0 Å². The van der Waals surface area contributed by atoms with Crippen molar-refractivity contribution in [2.45, 2.75) is 117 Å². The zero-order valence-electron chi connectivity index (χ0n) is 21.1. The number of allylic oxidation sites excluding steroid dienone is 1. The van der Waals surface area contributed by atoms with Crippen LogP contribution in [0.2, 0.25) is 0 Å². The van der Waals surface area contributed by atoms with Gasteiger partial charge in [0.2, 0.25) is 0 Å². The van der Waals surface area contributed by atoms with Crippen LogP contribution < -0.4 is 0 Å². The topological polar surface area (TPSA) is 40.5 Å². The third-order valence-corrected chi connectivity index (χ3v) is 12.4. The lowest BCUT2D eigenvalue weighted by Crippen LogP contribution is -2.55. The average molecular weight is 429 g/mol. The number of rotatable bonds is 4. The van der Waals surface area contributed by atoms with Crippen LogP contribution in [0.4, 0.5) is 0 Å². The minimum atomic E-state index is -0.700. The Balaban J connectivity index is 1.38. The first-order valence-corrected chi connectivity index (χ1v) is 13.5. The van der Waals surface area contributed by atoms with Crippen LogP contribution in [0.25, 0.3) is 0 Å². The van der Waals surface area contributed by atoms with Crippen LogP contribution in [-0.4, -0.2) is 21.9 Å². The van der Waals surface area contributed by atoms with E-state index in [1.54, 1.807) is 0 Å². The number of aliphatic hydroxyl groups is 2.